The number of nitrogens with one attached hydrogen (secondary N) is 1. The molecule has 0 amide bonds. The topological polar surface area (TPSA) is 95.9 Å². The van der Waals surface area contributed by atoms with E-state index in [0.29, 0.717) is 33.5 Å². The number of carboxylic acid groups (broad SMARTS) is 2. The largest absolute Gasteiger partial charge is 0.490 e. The van der Waals surface area contributed by atoms with Crippen molar-refractivity contribution >= 4 is 46.7 Å². The van der Waals surface area contributed by atoms with Crippen LogP contribution in [0.5, 0.6) is 5.75 Å². The van der Waals surface area contributed by atoms with Gasteiger partial charge in [0, 0.05) is 11.1 Å². The van der Waals surface area contributed by atoms with Crippen LogP contribution in [-0.2, 0) is 9.59 Å². The van der Waals surface area contributed by atoms with Gasteiger partial charge in [-0.05, 0) is 38.4 Å². The number of hydrogen-bond donors (Lipinski definition) is 3. The summed E-state index contributed by atoms with van der Waals surface area (Å²) in [6, 6.07) is 3.79. The van der Waals surface area contributed by atoms with E-state index in [0.717, 1.165) is 19.4 Å². The number of rotatable bonds is 7. The van der Waals surface area contributed by atoms with E-state index >= 15 is 0 Å². The summed E-state index contributed by atoms with van der Waals surface area (Å²) in [4.78, 5) is 18.2. The lowest BCUT2D eigenvalue weighted by Crippen LogP contribution is -2.27. The number of ether oxygens (including phenoxy) is 1. The summed E-state index contributed by atoms with van der Waals surface area (Å²) < 4.78 is 5.58. The van der Waals surface area contributed by atoms with Gasteiger partial charge in [0.1, 0.15) is 0 Å². The number of aliphatic carboxylic acids is 2. The second-order valence-electron chi connectivity index (χ2n) is 4.77. The summed E-state index contributed by atoms with van der Waals surface area (Å²) in [6.07, 6.45) is 2.02. The molecule has 1 aromatic carbocycles. The predicted molar refractivity (Wildman–Crippen MR) is 94.6 cm³/mol. The van der Waals surface area contributed by atoms with Crippen LogP contribution in [0.4, 0.5) is 0 Å². The highest BCUT2D eigenvalue weighted by Gasteiger charge is 2.09. The first-order valence-electron chi connectivity index (χ1n) is 7.15. The van der Waals surface area contributed by atoms with E-state index in [1.807, 2.05) is 0 Å². The molecule has 0 radical (unpaired) electrons. The summed E-state index contributed by atoms with van der Waals surface area (Å²) in [7, 11) is 0. The van der Waals surface area contributed by atoms with Crippen molar-refractivity contribution in [3.05, 3.63) is 27.2 Å². The first-order chi connectivity index (χ1) is 11.2. The van der Waals surface area contributed by atoms with Crippen molar-refractivity contribution in [1.82, 2.24) is 5.32 Å². The Morgan fingerprint density at radius 2 is 1.67 bits per heavy atom. The first-order valence-corrected chi connectivity index (χ1v) is 8.29. The molecule has 1 unspecified atom stereocenters. The van der Waals surface area contributed by atoms with Crippen molar-refractivity contribution in [2.45, 2.75) is 32.7 Å². The fourth-order valence-corrected chi connectivity index (χ4v) is 2.33. The fourth-order valence-electron chi connectivity index (χ4n) is 1.41. The molecule has 1 aromatic rings. The minimum Gasteiger partial charge on any atom is -0.490 e. The van der Waals surface area contributed by atoms with Crippen LogP contribution in [0.1, 0.15) is 26.7 Å². The van der Waals surface area contributed by atoms with Gasteiger partial charge in [-0.15, -0.1) is 0 Å². The Balaban J connectivity index is 0.000000754. The molecule has 0 bridgehead atoms. The van der Waals surface area contributed by atoms with Crippen LogP contribution in [-0.4, -0.2) is 41.3 Å². The standard InChI is InChI=1S/C13H18Cl3NO.C2H2O4/c1-3-9(2)17-5-4-6-18-13-11(15)7-10(14)8-12(13)16;3-1(4)2(5)6/h7-9,17H,3-6H2,1-2H3;(H,3,4)(H,5,6). The third-order valence-electron chi connectivity index (χ3n) is 2.82. The zero-order valence-corrected chi connectivity index (χ0v) is 15.6. The molecule has 0 aromatic heterocycles. The maximum Gasteiger partial charge on any atom is 0.414 e. The molecule has 0 aliphatic carbocycles. The Kier molecular flexibility index (Phi) is 11.6. The number of halogens is 3. The zero-order valence-electron chi connectivity index (χ0n) is 13.3. The summed E-state index contributed by atoms with van der Waals surface area (Å²) in [5, 5.41) is 19.6. The molecule has 0 fully saturated rings. The van der Waals surface area contributed by atoms with Gasteiger partial charge in [-0.1, -0.05) is 41.7 Å². The normalized spacial score (nSPS) is 11.2. The lowest BCUT2D eigenvalue weighted by atomic mass is 10.2. The minimum absolute atomic E-state index is 0.447. The summed E-state index contributed by atoms with van der Waals surface area (Å²) in [5.41, 5.74) is 0. The molecule has 136 valence electrons. The molecule has 24 heavy (non-hydrogen) atoms. The Hall–Kier alpha value is -1.21. The van der Waals surface area contributed by atoms with Crippen LogP contribution < -0.4 is 10.1 Å². The van der Waals surface area contributed by atoms with Crippen molar-refractivity contribution in [2.75, 3.05) is 13.2 Å². The Bertz CT molecular complexity index is 519. The molecule has 0 aliphatic heterocycles. The molecule has 0 saturated heterocycles. The highest BCUT2D eigenvalue weighted by Crippen LogP contribution is 2.35. The lowest BCUT2D eigenvalue weighted by Gasteiger charge is -2.13. The van der Waals surface area contributed by atoms with Crippen molar-refractivity contribution in [3.8, 4) is 5.75 Å². The second-order valence-corrected chi connectivity index (χ2v) is 6.03. The van der Waals surface area contributed by atoms with Crippen LogP contribution in [0.25, 0.3) is 0 Å². The van der Waals surface area contributed by atoms with E-state index in [-0.39, 0.29) is 0 Å². The molecule has 0 spiro atoms. The van der Waals surface area contributed by atoms with E-state index < -0.39 is 11.9 Å². The minimum atomic E-state index is -1.82. The molecule has 3 N–H and O–H groups in total. The fraction of sp³-hybridized carbons (Fsp3) is 0.467. The quantitative estimate of drug-likeness (QED) is 0.473. The zero-order chi connectivity index (χ0) is 18.7. The summed E-state index contributed by atoms with van der Waals surface area (Å²) in [6.45, 7) is 5.80. The molecular formula is C15H20Cl3NO5. The molecule has 6 nitrogen and oxygen atoms in total. The van der Waals surface area contributed by atoms with Crippen LogP contribution in [0, 0.1) is 0 Å². The van der Waals surface area contributed by atoms with Gasteiger partial charge in [-0.25, -0.2) is 9.59 Å². The number of carbonyl (C=O) groups is 2. The van der Waals surface area contributed by atoms with Crippen LogP contribution in [0.15, 0.2) is 12.1 Å². The van der Waals surface area contributed by atoms with E-state index in [2.05, 4.69) is 19.2 Å². The van der Waals surface area contributed by atoms with Gasteiger partial charge in [0.25, 0.3) is 0 Å². The number of benzene rings is 1. The predicted octanol–water partition coefficient (Wildman–Crippen LogP) is 3.96. The Morgan fingerprint density at radius 3 is 2.08 bits per heavy atom. The molecule has 0 heterocycles. The second kappa shape index (κ2) is 12.2. The van der Waals surface area contributed by atoms with Crippen LogP contribution in [0.3, 0.4) is 0 Å². The smallest absolute Gasteiger partial charge is 0.414 e. The molecule has 0 aliphatic rings. The Morgan fingerprint density at radius 1 is 1.17 bits per heavy atom. The van der Waals surface area contributed by atoms with Gasteiger partial charge in [0.2, 0.25) is 0 Å². The van der Waals surface area contributed by atoms with Gasteiger partial charge in [-0.3, -0.25) is 0 Å². The van der Waals surface area contributed by atoms with Crippen molar-refractivity contribution in [1.29, 1.82) is 0 Å². The molecule has 1 rings (SSSR count). The number of carboxylic acids is 2. The van der Waals surface area contributed by atoms with Crippen molar-refractivity contribution in [2.24, 2.45) is 0 Å². The Labute approximate surface area is 155 Å². The van der Waals surface area contributed by atoms with Gasteiger partial charge in [0.15, 0.2) is 5.75 Å². The molecule has 9 heteroatoms. The molecular weight excluding hydrogens is 381 g/mol. The van der Waals surface area contributed by atoms with Crippen molar-refractivity contribution in [3.63, 3.8) is 0 Å². The summed E-state index contributed by atoms with van der Waals surface area (Å²) >= 11 is 17.8. The van der Waals surface area contributed by atoms with Crippen LogP contribution in [0.2, 0.25) is 15.1 Å². The number of hydrogen-bond acceptors (Lipinski definition) is 4. The maximum absolute atomic E-state index is 9.10. The van der Waals surface area contributed by atoms with Crippen LogP contribution >= 0.6 is 34.8 Å². The van der Waals surface area contributed by atoms with E-state index in [9.17, 15) is 0 Å². The first kappa shape index (κ1) is 22.8. The molecule has 0 saturated carbocycles. The average molecular weight is 401 g/mol. The summed E-state index contributed by atoms with van der Waals surface area (Å²) in [5.74, 6) is -3.14. The third-order valence-corrected chi connectivity index (χ3v) is 3.60. The SMILES string of the molecule is CCC(C)NCCCOc1c(Cl)cc(Cl)cc1Cl.O=C(O)C(=O)O. The lowest BCUT2D eigenvalue weighted by molar-refractivity contribution is -0.159. The highest BCUT2D eigenvalue weighted by atomic mass is 35.5. The van der Waals surface area contributed by atoms with Gasteiger partial charge >= 0.3 is 11.9 Å². The highest BCUT2D eigenvalue weighted by molar-refractivity contribution is 6.40. The van der Waals surface area contributed by atoms with Gasteiger partial charge < -0.3 is 20.3 Å². The molecule has 1 atom stereocenters. The van der Waals surface area contributed by atoms with E-state index in [4.69, 9.17) is 59.3 Å². The average Bonchev–Trinajstić information content (AvgIpc) is 2.49. The maximum atomic E-state index is 9.10. The van der Waals surface area contributed by atoms with Gasteiger partial charge in [-0.2, -0.15) is 0 Å². The third kappa shape index (κ3) is 9.82. The van der Waals surface area contributed by atoms with E-state index in [1.165, 1.54) is 0 Å². The van der Waals surface area contributed by atoms with Crippen molar-refractivity contribution < 1.29 is 24.5 Å². The van der Waals surface area contributed by atoms with Gasteiger partial charge in [0.05, 0.1) is 16.7 Å². The monoisotopic (exact) mass is 399 g/mol. The van der Waals surface area contributed by atoms with E-state index in [1.54, 1.807) is 12.1 Å².